The van der Waals surface area contributed by atoms with Crippen LogP contribution >= 0.6 is 0 Å². The molecule has 0 unspecified atom stereocenters. The second kappa shape index (κ2) is 6.12. The molecule has 88 valence electrons. The van der Waals surface area contributed by atoms with Crippen molar-refractivity contribution in [3.05, 3.63) is 29.3 Å². The van der Waals surface area contributed by atoms with Crippen LogP contribution in [0.4, 0.5) is 0 Å². The molecule has 16 heavy (non-hydrogen) atoms. The zero-order valence-corrected chi connectivity index (χ0v) is 9.99. The first-order valence-electron chi connectivity index (χ1n) is 5.13. The van der Waals surface area contributed by atoms with E-state index in [0.29, 0.717) is 19.0 Å². The van der Waals surface area contributed by atoms with Crippen LogP contribution in [0.1, 0.15) is 11.1 Å². The summed E-state index contributed by atoms with van der Waals surface area (Å²) in [6, 6.07) is 5.76. The van der Waals surface area contributed by atoms with Gasteiger partial charge in [-0.2, -0.15) is 0 Å². The third-order valence-corrected chi connectivity index (χ3v) is 2.27. The molecule has 1 aromatic rings. The van der Waals surface area contributed by atoms with Crippen molar-refractivity contribution in [3.8, 4) is 5.75 Å². The van der Waals surface area contributed by atoms with E-state index in [1.807, 2.05) is 25.1 Å². The van der Waals surface area contributed by atoms with Gasteiger partial charge in [0.25, 0.3) is 0 Å². The normalized spacial score (nSPS) is 11.6. The summed E-state index contributed by atoms with van der Waals surface area (Å²) >= 11 is 0. The Hall–Kier alpha value is -1.55. The number of aryl methyl sites for hydroxylation is 1. The van der Waals surface area contributed by atoms with E-state index < -0.39 is 0 Å². The first-order valence-corrected chi connectivity index (χ1v) is 5.13. The largest absolute Gasteiger partial charge is 0.496 e. The van der Waals surface area contributed by atoms with E-state index in [1.165, 1.54) is 0 Å². The fraction of sp³-hybridized carbons (Fsp3) is 0.417. The van der Waals surface area contributed by atoms with Gasteiger partial charge in [-0.1, -0.05) is 0 Å². The lowest BCUT2D eigenvalue weighted by Gasteiger charge is -2.07. The van der Waals surface area contributed by atoms with Crippen LogP contribution in [-0.4, -0.2) is 33.2 Å². The number of hydrogen-bond acceptors (Lipinski definition) is 3. The molecule has 0 aliphatic rings. The summed E-state index contributed by atoms with van der Waals surface area (Å²) in [6.45, 7) is 3.13. The average Bonchev–Trinajstić information content (AvgIpc) is 2.29. The molecule has 0 fully saturated rings. The lowest BCUT2D eigenvalue weighted by molar-refractivity contribution is 0.208. The third kappa shape index (κ3) is 3.24. The highest BCUT2D eigenvalue weighted by atomic mass is 16.5. The molecule has 0 bridgehead atoms. The fourth-order valence-electron chi connectivity index (χ4n) is 1.39. The molecule has 0 saturated carbocycles. The van der Waals surface area contributed by atoms with Crippen molar-refractivity contribution in [1.82, 2.24) is 0 Å². The Labute approximate surface area is 96.1 Å². The van der Waals surface area contributed by atoms with Crippen molar-refractivity contribution in [1.29, 1.82) is 0 Å². The van der Waals surface area contributed by atoms with Crippen LogP contribution < -0.4 is 10.5 Å². The lowest BCUT2D eigenvalue weighted by Crippen LogP contribution is -2.15. The van der Waals surface area contributed by atoms with Crippen molar-refractivity contribution in [2.75, 3.05) is 27.4 Å². The molecule has 0 radical (unpaired) electrons. The van der Waals surface area contributed by atoms with Crippen LogP contribution in [0.5, 0.6) is 5.75 Å². The summed E-state index contributed by atoms with van der Waals surface area (Å²) in [5.41, 5.74) is 7.81. The van der Waals surface area contributed by atoms with Gasteiger partial charge >= 0.3 is 0 Å². The quantitative estimate of drug-likeness (QED) is 0.465. The van der Waals surface area contributed by atoms with Crippen molar-refractivity contribution >= 4 is 5.84 Å². The molecule has 0 atom stereocenters. The highest BCUT2D eigenvalue weighted by molar-refractivity contribution is 5.97. The van der Waals surface area contributed by atoms with Crippen molar-refractivity contribution in [2.45, 2.75) is 6.92 Å². The number of benzene rings is 1. The molecule has 0 aromatic heterocycles. The Morgan fingerprint density at radius 3 is 2.69 bits per heavy atom. The number of aliphatic imine (C=N–C) groups is 1. The topological polar surface area (TPSA) is 56.8 Å². The monoisotopic (exact) mass is 222 g/mol. The summed E-state index contributed by atoms with van der Waals surface area (Å²) in [6.07, 6.45) is 0. The Morgan fingerprint density at radius 2 is 2.12 bits per heavy atom. The van der Waals surface area contributed by atoms with E-state index in [0.717, 1.165) is 16.9 Å². The highest BCUT2D eigenvalue weighted by Gasteiger charge is 2.02. The second-order valence-corrected chi connectivity index (χ2v) is 3.44. The van der Waals surface area contributed by atoms with Gasteiger partial charge in [0.2, 0.25) is 0 Å². The van der Waals surface area contributed by atoms with Crippen molar-refractivity contribution < 1.29 is 9.47 Å². The highest BCUT2D eigenvalue weighted by Crippen LogP contribution is 2.18. The molecule has 1 aromatic carbocycles. The molecular weight excluding hydrogens is 204 g/mol. The summed E-state index contributed by atoms with van der Waals surface area (Å²) in [5.74, 6) is 1.39. The van der Waals surface area contributed by atoms with Crippen LogP contribution in [0.15, 0.2) is 23.2 Å². The van der Waals surface area contributed by atoms with Crippen LogP contribution in [0.2, 0.25) is 0 Å². The third-order valence-electron chi connectivity index (χ3n) is 2.27. The molecule has 4 nitrogen and oxygen atoms in total. The van der Waals surface area contributed by atoms with Crippen molar-refractivity contribution in [3.63, 3.8) is 0 Å². The number of rotatable bonds is 5. The zero-order chi connectivity index (χ0) is 12.0. The number of nitrogens with zero attached hydrogens (tertiary/aromatic N) is 1. The van der Waals surface area contributed by atoms with Crippen LogP contribution in [-0.2, 0) is 4.74 Å². The molecule has 0 heterocycles. The minimum Gasteiger partial charge on any atom is -0.496 e. The summed E-state index contributed by atoms with van der Waals surface area (Å²) < 4.78 is 10.1. The van der Waals surface area contributed by atoms with Gasteiger partial charge in [-0.25, -0.2) is 0 Å². The molecule has 0 spiro atoms. The molecule has 2 N–H and O–H groups in total. The van der Waals surface area contributed by atoms with Gasteiger partial charge in [-0.05, 0) is 30.7 Å². The zero-order valence-electron chi connectivity index (χ0n) is 9.99. The summed E-state index contributed by atoms with van der Waals surface area (Å²) in [7, 11) is 3.29. The Balaban J connectivity index is 2.80. The van der Waals surface area contributed by atoms with E-state index >= 15 is 0 Å². The maximum atomic E-state index is 5.85. The van der Waals surface area contributed by atoms with Crippen LogP contribution in [0.25, 0.3) is 0 Å². The van der Waals surface area contributed by atoms with E-state index in [-0.39, 0.29) is 0 Å². The molecule has 0 aliphatic carbocycles. The first kappa shape index (κ1) is 12.5. The smallest absolute Gasteiger partial charge is 0.125 e. The minimum absolute atomic E-state index is 0.530. The fourth-order valence-corrected chi connectivity index (χ4v) is 1.39. The minimum atomic E-state index is 0.530. The maximum Gasteiger partial charge on any atom is 0.125 e. The lowest BCUT2D eigenvalue weighted by atomic mass is 10.1. The molecule has 4 heteroatoms. The Morgan fingerprint density at radius 1 is 1.38 bits per heavy atom. The predicted molar refractivity (Wildman–Crippen MR) is 65.2 cm³/mol. The van der Waals surface area contributed by atoms with Gasteiger partial charge in [0.15, 0.2) is 0 Å². The number of amidine groups is 1. The van der Waals surface area contributed by atoms with Gasteiger partial charge in [0.1, 0.15) is 11.6 Å². The predicted octanol–water partition coefficient (Wildman–Crippen LogP) is 1.36. The van der Waals surface area contributed by atoms with E-state index in [1.54, 1.807) is 14.2 Å². The number of methoxy groups -OCH3 is 2. The molecule has 0 saturated heterocycles. The van der Waals surface area contributed by atoms with Crippen molar-refractivity contribution in [2.24, 2.45) is 10.7 Å². The van der Waals surface area contributed by atoms with Gasteiger partial charge < -0.3 is 15.2 Å². The second-order valence-electron chi connectivity index (χ2n) is 3.44. The first-order chi connectivity index (χ1) is 7.69. The van der Waals surface area contributed by atoms with E-state index in [9.17, 15) is 0 Å². The van der Waals surface area contributed by atoms with Crippen LogP contribution in [0, 0.1) is 6.92 Å². The standard InChI is InChI=1S/C12H18N2O2/c1-9-8-10(4-5-11(9)16-3)12(13)14-6-7-15-2/h4-5,8H,6-7H2,1-3H3,(H2,13,14). The molecule has 0 aliphatic heterocycles. The SMILES string of the molecule is COCCN=C(N)c1ccc(OC)c(C)c1. The molecular formula is C12H18N2O2. The Kier molecular flexibility index (Phi) is 4.79. The van der Waals surface area contributed by atoms with Gasteiger partial charge in [-0.15, -0.1) is 0 Å². The Bertz CT molecular complexity index is 375. The van der Waals surface area contributed by atoms with E-state index in [2.05, 4.69) is 4.99 Å². The van der Waals surface area contributed by atoms with Gasteiger partial charge in [-0.3, -0.25) is 4.99 Å². The average molecular weight is 222 g/mol. The number of ether oxygens (including phenoxy) is 2. The van der Waals surface area contributed by atoms with Gasteiger partial charge in [0.05, 0.1) is 20.3 Å². The number of hydrogen-bond donors (Lipinski definition) is 1. The van der Waals surface area contributed by atoms with E-state index in [4.69, 9.17) is 15.2 Å². The molecule has 1 rings (SSSR count). The van der Waals surface area contributed by atoms with Gasteiger partial charge in [0, 0.05) is 12.7 Å². The number of nitrogens with two attached hydrogens (primary N) is 1. The maximum absolute atomic E-state index is 5.85. The summed E-state index contributed by atoms with van der Waals surface area (Å²) in [4.78, 5) is 4.21. The summed E-state index contributed by atoms with van der Waals surface area (Å²) in [5, 5.41) is 0. The van der Waals surface area contributed by atoms with Crippen LogP contribution in [0.3, 0.4) is 0 Å². The molecule has 0 amide bonds.